The highest BCUT2D eigenvalue weighted by Gasteiger charge is 2.24. The number of benzene rings is 3. The van der Waals surface area contributed by atoms with Crippen molar-refractivity contribution in [3.8, 4) is 33.8 Å². The smallest absolute Gasteiger partial charge is 0.226 e. The normalized spacial score (nSPS) is 11.6. The van der Waals surface area contributed by atoms with Gasteiger partial charge in [-0.25, -0.2) is 9.97 Å². The van der Waals surface area contributed by atoms with Gasteiger partial charge in [-0.15, -0.1) is 21.5 Å². The second-order valence-corrected chi connectivity index (χ2v) is 10.6. The summed E-state index contributed by atoms with van der Waals surface area (Å²) in [6.45, 7) is 0. The van der Waals surface area contributed by atoms with Gasteiger partial charge in [-0.1, -0.05) is 71.4 Å². The van der Waals surface area contributed by atoms with Crippen molar-refractivity contribution in [1.29, 1.82) is 0 Å². The first-order valence-corrected chi connectivity index (χ1v) is 13.3. The van der Waals surface area contributed by atoms with E-state index in [1.54, 1.807) is 12.1 Å². The molecule has 2 heterocycles. The molecule has 0 bridgehead atoms. The lowest BCUT2D eigenvalue weighted by atomic mass is 10.0. The fourth-order valence-corrected chi connectivity index (χ4v) is 6.00. The maximum atomic E-state index is 12.5. The van der Waals surface area contributed by atoms with Crippen LogP contribution >= 0.6 is 46.3 Å². The number of rotatable bonds is 6. The van der Waals surface area contributed by atoms with Gasteiger partial charge < -0.3 is 5.32 Å². The monoisotopic (exact) mass is 535 g/mol. The van der Waals surface area contributed by atoms with E-state index in [4.69, 9.17) is 28.2 Å². The molecule has 0 saturated heterocycles. The lowest BCUT2D eigenvalue weighted by Crippen LogP contribution is -2.12. The van der Waals surface area contributed by atoms with E-state index >= 15 is 0 Å². The molecule has 10 heteroatoms. The zero-order valence-electron chi connectivity index (χ0n) is 18.0. The molecular weight excluding hydrogens is 521 g/mol. The molecule has 0 fully saturated rings. The molecule has 6 nitrogen and oxygen atoms in total. The van der Waals surface area contributed by atoms with Crippen LogP contribution in [0.15, 0.2) is 65.1 Å². The maximum Gasteiger partial charge on any atom is 0.226 e. The summed E-state index contributed by atoms with van der Waals surface area (Å²) in [5.74, 6) is 0.386. The Morgan fingerprint density at radius 1 is 0.943 bits per heavy atom. The first-order chi connectivity index (χ1) is 17.1. The third-order valence-electron chi connectivity index (χ3n) is 5.60. The topological polar surface area (TPSA) is 80.7 Å². The van der Waals surface area contributed by atoms with Crippen LogP contribution in [-0.2, 0) is 4.79 Å². The summed E-state index contributed by atoms with van der Waals surface area (Å²) in [4.78, 5) is 21.7. The second-order valence-electron chi connectivity index (χ2n) is 7.81. The van der Waals surface area contributed by atoms with Crippen molar-refractivity contribution in [3.05, 3.63) is 70.0 Å². The first-order valence-electron chi connectivity index (χ1n) is 10.7. The van der Waals surface area contributed by atoms with Crippen LogP contribution < -0.4 is 5.32 Å². The van der Waals surface area contributed by atoms with Gasteiger partial charge in [0.1, 0.15) is 11.4 Å². The van der Waals surface area contributed by atoms with Gasteiger partial charge in [-0.3, -0.25) is 4.79 Å². The van der Waals surface area contributed by atoms with Crippen molar-refractivity contribution in [2.24, 2.45) is 0 Å². The predicted molar refractivity (Wildman–Crippen MR) is 143 cm³/mol. The molecule has 0 atom stereocenters. The number of hydrogen-bond acceptors (Lipinski definition) is 7. The number of fused-ring (bicyclic) bond motifs is 3. The van der Waals surface area contributed by atoms with Crippen LogP contribution in [0.5, 0.6) is 0 Å². The molecule has 0 unspecified atom stereocenters. The molecule has 2 aromatic heterocycles. The molecule has 0 aliphatic heterocycles. The Balaban J connectivity index is 1.10. The number of halogens is 2. The van der Waals surface area contributed by atoms with Crippen molar-refractivity contribution < 1.29 is 4.79 Å². The molecule has 1 amide bonds. The zero-order valence-corrected chi connectivity index (χ0v) is 21.1. The van der Waals surface area contributed by atoms with Gasteiger partial charge in [0.05, 0.1) is 10.7 Å². The standard InChI is InChI=1S/C25H15Cl2N5OS2/c26-14-7-8-15(18(27)11-14)19-12-35-24(28-19)29-20(33)9-10-34-25-30-22-16-5-1-3-13-4-2-6-17(21(13)16)23(22)31-32-25/h1-8,11-12H,9-10H2,(H,28,29,33). The molecule has 1 aliphatic rings. The third-order valence-corrected chi connectivity index (χ3v) is 7.75. The number of aromatic nitrogens is 4. The van der Waals surface area contributed by atoms with Crippen LogP contribution in [0.2, 0.25) is 10.0 Å². The number of anilines is 1. The van der Waals surface area contributed by atoms with Crippen molar-refractivity contribution in [2.75, 3.05) is 11.1 Å². The summed E-state index contributed by atoms with van der Waals surface area (Å²) in [6, 6.07) is 17.6. The average molecular weight is 536 g/mol. The third kappa shape index (κ3) is 4.27. The Bertz CT molecular complexity index is 1620. The summed E-state index contributed by atoms with van der Waals surface area (Å²) < 4.78 is 0. The van der Waals surface area contributed by atoms with Crippen molar-refractivity contribution in [2.45, 2.75) is 11.6 Å². The van der Waals surface area contributed by atoms with Gasteiger partial charge >= 0.3 is 0 Å². The van der Waals surface area contributed by atoms with Gasteiger partial charge in [-0.2, -0.15) is 0 Å². The largest absolute Gasteiger partial charge is 0.302 e. The molecule has 0 spiro atoms. The minimum absolute atomic E-state index is 0.133. The number of hydrogen-bond donors (Lipinski definition) is 1. The van der Waals surface area contributed by atoms with E-state index < -0.39 is 0 Å². The van der Waals surface area contributed by atoms with Crippen LogP contribution in [-0.4, -0.2) is 31.8 Å². The minimum atomic E-state index is -0.133. The summed E-state index contributed by atoms with van der Waals surface area (Å²) in [5.41, 5.74) is 5.24. The number of thiazole rings is 1. The molecule has 6 rings (SSSR count). The van der Waals surface area contributed by atoms with Crippen LogP contribution in [0.4, 0.5) is 5.13 Å². The second kappa shape index (κ2) is 9.20. The lowest BCUT2D eigenvalue weighted by molar-refractivity contribution is -0.115. The van der Waals surface area contributed by atoms with E-state index in [1.165, 1.54) is 23.1 Å². The lowest BCUT2D eigenvalue weighted by Gasteiger charge is -2.04. The fourth-order valence-electron chi connectivity index (χ4n) is 4.05. The molecule has 3 aromatic carbocycles. The molecule has 1 aliphatic carbocycles. The Morgan fingerprint density at radius 2 is 1.74 bits per heavy atom. The zero-order chi connectivity index (χ0) is 23.9. The number of carbonyl (C=O) groups is 1. The van der Waals surface area contributed by atoms with E-state index in [9.17, 15) is 4.79 Å². The Morgan fingerprint density at radius 3 is 2.54 bits per heavy atom. The van der Waals surface area contributed by atoms with Crippen molar-refractivity contribution >= 4 is 68.1 Å². The Labute approximate surface area is 218 Å². The summed E-state index contributed by atoms with van der Waals surface area (Å²) in [7, 11) is 0. The molecule has 5 aromatic rings. The van der Waals surface area contributed by atoms with Crippen LogP contribution in [0.25, 0.3) is 44.5 Å². The Hall–Kier alpha value is -3.04. The number of nitrogens with zero attached hydrogens (tertiary/aromatic N) is 4. The highest BCUT2D eigenvalue weighted by Crippen LogP contribution is 2.44. The maximum absolute atomic E-state index is 12.5. The molecule has 0 radical (unpaired) electrons. The van der Waals surface area contributed by atoms with Gasteiger partial charge in [0.25, 0.3) is 0 Å². The van der Waals surface area contributed by atoms with Gasteiger partial charge in [0, 0.05) is 44.7 Å². The molecule has 172 valence electrons. The van der Waals surface area contributed by atoms with Crippen LogP contribution in [0.3, 0.4) is 0 Å². The highest BCUT2D eigenvalue weighted by molar-refractivity contribution is 7.99. The predicted octanol–water partition coefficient (Wildman–Crippen LogP) is 7.22. The van der Waals surface area contributed by atoms with E-state index in [1.807, 2.05) is 23.6 Å². The quantitative estimate of drug-likeness (QED) is 0.226. The average Bonchev–Trinajstić information content (AvgIpc) is 3.43. The minimum Gasteiger partial charge on any atom is -0.302 e. The van der Waals surface area contributed by atoms with Gasteiger partial charge in [0.15, 0.2) is 5.13 Å². The summed E-state index contributed by atoms with van der Waals surface area (Å²) in [5, 5.41) is 17.9. The fraction of sp³-hybridized carbons (Fsp3) is 0.0800. The number of amides is 1. The molecule has 0 saturated carbocycles. The van der Waals surface area contributed by atoms with Gasteiger partial charge in [-0.05, 0) is 23.6 Å². The van der Waals surface area contributed by atoms with Crippen molar-refractivity contribution in [1.82, 2.24) is 20.2 Å². The van der Waals surface area contributed by atoms with E-state index in [-0.39, 0.29) is 12.3 Å². The summed E-state index contributed by atoms with van der Waals surface area (Å²) >= 11 is 15.0. The number of carbonyl (C=O) groups excluding carboxylic acids is 1. The van der Waals surface area contributed by atoms with E-state index in [0.717, 1.165) is 38.9 Å². The number of thioether (sulfide) groups is 1. The van der Waals surface area contributed by atoms with E-state index in [0.29, 0.717) is 31.8 Å². The number of nitrogens with one attached hydrogen (secondary N) is 1. The highest BCUT2D eigenvalue weighted by atomic mass is 35.5. The Kier molecular flexibility index (Phi) is 5.89. The van der Waals surface area contributed by atoms with Gasteiger partial charge in [0.2, 0.25) is 11.1 Å². The van der Waals surface area contributed by atoms with E-state index in [2.05, 4.69) is 44.8 Å². The molecular formula is C25H15Cl2N5OS2. The van der Waals surface area contributed by atoms with Crippen molar-refractivity contribution in [3.63, 3.8) is 0 Å². The van der Waals surface area contributed by atoms with Crippen LogP contribution in [0, 0.1) is 0 Å². The first kappa shape index (κ1) is 22.4. The molecule has 35 heavy (non-hydrogen) atoms. The molecule has 1 N–H and O–H groups in total. The summed E-state index contributed by atoms with van der Waals surface area (Å²) in [6.07, 6.45) is 0.289. The SMILES string of the molecule is O=C(CCSc1nnc2c(n1)-c1cccc3cccc-2c13)Nc1nc(-c2ccc(Cl)cc2Cl)cs1. The van der Waals surface area contributed by atoms with Crippen LogP contribution in [0.1, 0.15) is 6.42 Å².